The van der Waals surface area contributed by atoms with Gasteiger partial charge >= 0.3 is 0 Å². The molecule has 0 amide bonds. The van der Waals surface area contributed by atoms with Crippen molar-refractivity contribution in [2.45, 2.75) is 24.3 Å². The van der Waals surface area contributed by atoms with Crippen LogP contribution in [0.1, 0.15) is 11.1 Å². The van der Waals surface area contributed by atoms with Crippen molar-refractivity contribution in [2.75, 3.05) is 6.61 Å². The fourth-order valence-corrected chi connectivity index (χ4v) is 4.90. The molecular weight excluding hydrogens is 467 g/mol. The molecule has 0 spiro atoms. The number of hydrogen-bond donors (Lipinski definition) is 0. The maximum Gasteiger partial charge on any atom is 0.297 e. The molecule has 156 valence electrons. The van der Waals surface area contributed by atoms with Crippen LogP contribution in [-0.4, -0.2) is 21.1 Å². The summed E-state index contributed by atoms with van der Waals surface area (Å²) in [5, 5.41) is 1.57. The van der Waals surface area contributed by atoms with Crippen LogP contribution in [0, 0.1) is 6.92 Å². The molecule has 0 saturated carbocycles. The van der Waals surface area contributed by atoms with Gasteiger partial charge in [-0.15, -0.1) is 0 Å². The molecule has 0 aliphatic carbocycles. The molecule has 0 bridgehead atoms. The van der Waals surface area contributed by atoms with Crippen molar-refractivity contribution in [1.29, 1.82) is 0 Å². The molecule has 0 radical (unpaired) electrons. The molecule has 0 aromatic heterocycles. The molecule has 30 heavy (non-hydrogen) atoms. The molecule has 8 heteroatoms. The highest BCUT2D eigenvalue weighted by atomic mass is 35.5. The summed E-state index contributed by atoms with van der Waals surface area (Å²) in [6.45, 7) is 1.76. The molecular formula is C22H17Cl3O4S. The van der Waals surface area contributed by atoms with E-state index < -0.39 is 16.2 Å². The Kier molecular flexibility index (Phi) is 6.02. The average molecular weight is 484 g/mol. The van der Waals surface area contributed by atoms with E-state index in [1.165, 1.54) is 12.1 Å². The van der Waals surface area contributed by atoms with Crippen molar-refractivity contribution in [3.8, 4) is 16.9 Å². The second kappa shape index (κ2) is 8.40. The van der Waals surface area contributed by atoms with Crippen molar-refractivity contribution in [1.82, 2.24) is 0 Å². The SMILES string of the molecule is Cc1ccc(S(=O)(=O)OCC2Cc3cc(Cl)cc(-c4cc(Cl)ccc4Cl)c3O2)cc1. The Bertz CT molecular complexity index is 1210. The van der Waals surface area contributed by atoms with Crippen molar-refractivity contribution < 1.29 is 17.3 Å². The van der Waals surface area contributed by atoms with Gasteiger partial charge in [-0.3, -0.25) is 4.18 Å². The topological polar surface area (TPSA) is 52.6 Å². The summed E-state index contributed by atoms with van der Waals surface area (Å²) >= 11 is 18.8. The van der Waals surface area contributed by atoms with E-state index in [1.54, 1.807) is 42.5 Å². The molecule has 1 aliphatic rings. The van der Waals surface area contributed by atoms with E-state index in [0.29, 0.717) is 38.4 Å². The second-order valence-corrected chi connectivity index (χ2v) is 9.96. The minimum atomic E-state index is -3.88. The Morgan fingerprint density at radius 3 is 2.40 bits per heavy atom. The van der Waals surface area contributed by atoms with Gasteiger partial charge in [-0.05, 0) is 49.4 Å². The minimum absolute atomic E-state index is 0.109. The molecule has 4 rings (SSSR count). The molecule has 4 nitrogen and oxygen atoms in total. The molecule has 0 fully saturated rings. The number of ether oxygens (including phenoxy) is 1. The summed E-state index contributed by atoms with van der Waals surface area (Å²) in [7, 11) is -3.88. The fourth-order valence-electron chi connectivity index (χ4n) is 3.33. The number of aryl methyl sites for hydroxylation is 1. The van der Waals surface area contributed by atoms with Gasteiger partial charge in [0.15, 0.2) is 0 Å². The van der Waals surface area contributed by atoms with Crippen molar-refractivity contribution >= 4 is 44.9 Å². The quantitative estimate of drug-likeness (QED) is 0.398. The third kappa shape index (κ3) is 4.46. The van der Waals surface area contributed by atoms with Crippen LogP contribution in [0.4, 0.5) is 0 Å². The van der Waals surface area contributed by atoms with E-state index in [2.05, 4.69) is 0 Å². The van der Waals surface area contributed by atoms with Gasteiger partial charge < -0.3 is 4.74 Å². The summed E-state index contributed by atoms with van der Waals surface area (Å²) in [5.74, 6) is 0.602. The minimum Gasteiger partial charge on any atom is -0.487 e. The van der Waals surface area contributed by atoms with Crippen molar-refractivity contribution in [3.05, 3.63) is 80.8 Å². The maximum absolute atomic E-state index is 12.5. The smallest absolute Gasteiger partial charge is 0.297 e. The predicted molar refractivity (Wildman–Crippen MR) is 119 cm³/mol. The van der Waals surface area contributed by atoms with Crippen LogP contribution in [0.25, 0.3) is 11.1 Å². The number of halogens is 3. The third-order valence-corrected chi connectivity index (χ3v) is 6.88. The van der Waals surface area contributed by atoms with Crippen molar-refractivity contribution in [2.24, 2.45) is 0 Å². The second-order valence-electron chi connectivity index (χ2n) is 7.06. The van der Waals surface area contributed by atoms with Gasteiger partial charge in [0, 0.05) is 38.2 Å². The monoisotopic (exact) mass is 482 g/mol. The number of benzene rings is 3. The molecule has 3 aromatic rings. The van der Waals surface area contributed by atoms with Gasteiger partial charge in [-0.1, -0.05) is 52.5 Å². The standard InChI is InChI=1S/C22H17Cl3O4S/c1-13-2-5-18(6-3-13)30(26,27)28-12-17-9-14-8-16(24)11-20(22(14)29-17)19-10-15(23)4-7-21(19)25/h2-8,10-11,17H,9,12H2,1H3. The van der Waals surface area contributed by atoms with E-state index in [-0.39, 0.29) is 11.5 Å². The Balaban J connectivity index is 1.56. The van der Waals surface area contributed by atoms with Crippen LogP contribution >= 0.6 is 34.8 Å². The first-order valence-corrected chi connectivity index (χ1v) is 11.7. The van der Waals surface area contributed by atoms with Crippen LogP contribution < -0.4 is 4.74 Å². The number of hydrogen-bond acceptors (Lipinski definition) is 4. The molecule has 1 aliphatic heterocycles. The normalized spacial score (nSPS) is 15.7. The van der Waals surface area contributed by atoms with Crippen LogP contribution in [-0.2, 0) is 20.7 Å². The lowest BCUT2D eigenvalue weighted by atomic mass is 10.0. The van der Waals surface area contributed by atoms with E-state index >= 15 is 0 Å². The first-order chi connectivity index (χ1) is 14.2. The zero-order chi connectivity index (χ0) is 21.5. The van der Waals surface area contributed by atoms with Gasteiger partial charge in [0.25, 0.3) is 10.1 Å². The molecule has 0 N–H and O–H groups in total. The zero-order valence-electron chi connectivity index (χ0n) is 15.9. The summed E-state index contributed by atoms with van der Waals surface area (Å²) in [4.78, 5) is 0.109. The Labute approximate surface area is 190 Å². The van der Waals surface area contributed by atoms with Crippen LogP contribution in [0.15, 0.2) is 59.5 Å². The predicted octanol–water partition coefficient (Wildman–Crippen LogP) is 6.33. The third-order valence-electron chi connectivity index (χ3n) is 4.80. The Morgan fingerprint density at radius 2 is 1.67 bits per heavy atom. The molecule has 0 saturated heterocycles. The van der Waals surface area contributed by atoms with Gasteiger partial charge in [0.1, 0.15) is 18.5 Å². The van der Waals surface area contributed by atoms with Crippen LogP contribution in [0.5, 0.6) is 5.75 Å². The largest absolute Gasteiger partial charge is 0.487 e. The first kappa shape index (κ1) is 21.5. The first-order valence-electron chi connectivity index (χ1n) is 9.13. The highest BCUT2D eigenvalue weighted by Gasteiger charge is 2.29. The van der Waals surface area contributed by atoms with E-state index in [9.17, 15) is 8.42 Å². The highest BCUT2D eigenvalue weighted by Crippen LogP contribution is 2.44. The molecule has 3 aromatic carbocycles. The van der Waals surface area contributed by atoms with Crippen LogP contribution in [0.3, 0.4) is 0 Å². The Morgan fingerprint density at radius 1 is 0.967 bits per heavy atom. The maximum atomic E-state index is 12.5. The summed E-state index contributed by atoms with van der Waals surface area (Å²) in [6, 6.07) is 15.2. The van der Waals surface area contributed by atoms with Crippen LogP contribution in [0.2, 0.25) is 15.1 Å². The lowest BCUT2D eigenvalue weighted by molar-refractivity contribution is 0.152. The number of fused-ring (bicyclic) bond motifs is 1. The van der Waals surface area contributed by atoms with E-state index in [1.807, 2.05) is 6.92 Å². The average Bonchev–Trinajstić information content (AvgIpc) is 3.11. The van der Waals surface area contributed by atoms with E-state index in [4.69, 9.17) is 43.7 Å². The van der Waals surface area contributed by atoms with Crippen molar-refractivity contribution in [3.63, 3.8) is 0 Å². The molecule has 1 unspecified atom stereocenters. The zero-order valence-corrected chi connectivity index (χ0v) is 18.9. The highest BCUT2D eigenvalue weighted by molar-refractivity contribution is 7.86. The summed E-state index contributed by atoms with van der Waals surface area (Å²) in [5.41, 5.74) is 3.22. The van der Waals surface area contributed by atoms with Gasteiger partial charge in [0.05, 0.1) is 4.90 Å². The van der Waals surface area contributed by atoms with Gasteiger partial charge in [-0.25, -0.2) is 0 Å². The number of rotatable bonds is 5. The lowest BCUT2D eigenvalue weighted by Gasteiger charge is -2.14. The summed E-state index contributed by atoms with van der Waals surface area (Å²) < 4.78 is 36.2. The Hall–Kier alpha value is -1.76. The fraction of sp³-hybridized carbons (Fsp3) is 0.182. The molecule has 1 atom stereocenters. The molecule has 1 heterocycles. The van der Waals surface area contributed by atoms with E-state index in [0.717, 1.165) is 11.1 Å². The van der Waals surface area contributed by atoms with Gasteiger partial charge in [-0.2, -0.15) is 8.42 Å². The lowest BCUT2D eigenvalue weighted by Crippen LogP contribution is -2.23. The summed E-state index contributed by atoms with van der Waals surface area (Å²) in [6.07, 6.45) is -0.0137. The van der Waals surface area contributed by atoms with Gasteiger partial charge in [0.2, 0.25) is 0 Å².